The number of nitrogens with one attached hydrogen (secondary N) is 2. The Kier molecular flexibility index (Phi) is 7.63. The predicted molar refractivity (Wildman–Crippen MR) is 117 cm³/mol. The maximum absolute atomic E-state index is 11.5. The molecule has 0 aliphatic carbocycles. The van der Waals surface area contributed by atoms with Crippen molar-refractivity contribution in [3.8, 4) is 0 Å². The van der Waals surface area contributed by atoms with Gasteiger partial charge in [0, 0.05) is 19.3 Å². The van der Waals surface area contributed by atoms with Crippen molar-refractivity contribution in [1.29, 1.82) is 0 Å². The van der Waals surface area contributed by atoms with Gasteiger partial charge in [-0.3, -0.25) is 0 Å². The Balaban J connectivity index is 1.98. The summed E-state index contributed by atoms with van der Waals surface area (Å²) in [4.78, 5) is 5.08. The zero-order chi connectivity index (χ0) is 20.7. The van der Waals surface area contributed by atoms with Crippen LogP contribution in [0.4, 0.5) is 0 Å². The zero-order valence-electron chi connectivity index (χ0n) is 17.5. The highest BCUT2D eigenvalue weighted by molar-refractivity contribution is 7.90. The lowest BCUT2D eigenvalue weighted by atomic mass is 10.00. The molecule has 0 bridgehead atoms. The second kappa shape index (κ2) is 9.73. The molecule has 0 spiro atoms. The number of aliphatic imine (C=N–C) groups is 1. The lowest BCUT2D eigenvalue weighted by Gasteiger charge is -2.13. The third-order valence-corrected chi connectivity index (χ3v) is 5.77. The normalized spacial score (nSPS) is 12.1. The Bertz CT molecular complexity index is 910. The second-order valence-corrected chi connectivity index (χ2v) is 9.18. The molecule has 0 heterocycles. The van der Waals surface area contributed by atoms with Gasteiger partial charge in [0.1, 0.15) is 0 Å². The van der Waals surface area contributed by atoms with Crippen LogP contribution in [0.25, 0.3) is 0 Å². The average molecular weight is 402 g/mol. The molecule has 0 saturated carbocycles. The van der Waals surface area contributed by atoms with Crippen molar-refractivity contribution in [2.24, 2.45) is 4.99 Å². The monoisotopic (exact) mass is 401 g/mol. The summed E-state index contributed by atoms with van der Waals surface area (Å²) in [5.41, 5.74) is 6.15. The van der Waals surface area contributed by atoms with E-state index in [0.717, 1.165) is 31.0 Å². The third kappa shape index (κ3) is 6.37. The van der Waals surface area contributed by atoms with Crippen LogP contribution in [-0.4, -0.2) is 33.7 Å². The predicted octanol–water partition coefficient (Wildman–Crippen LogP) is 3.31. The van der Waals surface area contributed by atoms with E-state index in [4.69, 9.17) is 4.99 Å². The van der Waals surface area contributed by atoms with E-state index in [1.165, 1.54) is 28.5 Å². The summed E-state index contributed by atoms with van der Waals surface area (Å²) in [5, 5.41) is 6.63. The SMILES string of the molecule is CCNC(=NCc1c(C)cc(C)cc1C)NCCc1ccc(S(C)(=O)=O)cc1. The molecule has 152 valence electrons. The number of hydrogen-bond donors (Lipinski definition) is 2. The Hall–Kier alpha value is -2.34. The van der Waals surface area contributed by atoms with Gasteiger partial charge in [-0.2, -0.15) is 0 Å². The van der Waals surface area contributed by atoms with Gasteiger partial charge >= 0.3 is 0 Å². The Morgan fingerprint density at radius 3 is 2.14 bits per heavy atom. The third-order valence-electron chi connectivity index (χ3n) is 4.64. The first-order valence-corrected chi connectivity index (χ1v) is 11.5. The number of hydrogen-bond acceptors (Lipinski definition) is 3. The van der Waals surface area contributed by atoms with Crippen molar-refractivity contribution in [3.63, 3.8) is 0 Å². The molecule has 0 amide bonds. The first kappa shape index (κ1) is 22.0. The number of nitrogens with zero attached hydrogens (tertiary/aromatic N) is 1. The van der Waals surface area contributed by atoms with E-state index in [0.29, 0.717) is 11.4 Å². The highest BCUT2D eigenvalue weighted by Crippen LogP contribution is 2.17. The van der Waals surface area contributed by atoms with Gasteiger partial charge in [-0.05, 0) is 68.5 Å². The van der Waals surface area contributed by atoms with E-state index in [9.17, 15) is 8.42 Å². The van der Waals surface area contributed by atoms with Crippen LogP contribution in [0.2, 0.25) is 0 Å². The van der Waals surface area contributed by atoms with Crippen LogP contribution in [0, 0.1) is 20.8 Å². The van der Waals surface area contributed by atoms with Crippen LogP contribution in [0.1, 0.15) is 34.7 Å². The highest BCUT2D eigenvalue weighted by atomic mass is 32.2. The van der Waals surface area contributed by atoms with Crippen LogP contribution >= 0.6 is 0 Å². The number of benzene rings is 2. The molecular weight excluding hydrogens is 370 g/mol. The first-order valence-electron chi connectivity index (χ1n) is 9.58. The molecular formula is C22H31N3O2S. The molecule has 0 atom stereocenters. The van der Waals surface area contributed by atoms with Crippen molar-refractivity contribution < 1.29 is 8.42 Å². The molecule has 2 rings (SSSR count). The lowest BCUT2D eigenvalue weighted by molar-refractivity contribution is 0.602. The molecule has 0 radical (unpaired) electrons. The molecule has 0 fully saturated rings. The van der Waals surface area contributed by atoms with E-state index in [1.54, 1.807) is 12.1 Å². The minimum Gasteiger partial charge on any atom is -0.357 e. The minimum absolute atomic E-state index is 0.350. The Morgan fingerprint density at radius 2 is 1.61 bits per heavy atom. The van der Waals surface area contributed by atoms with E-state index in [-0.39, 0.29) is 0 Å². The molecule has 28 heavy (non-hydrogen) atoms. The molecule has 2 N–H and O–H groups in total. The maximum atomic E-state index is 11.5. The molecule has 0 aromatic heterocycles. The topological polar surface area (TPSA) is 70.6 Å². The molecule has 2 aromatic rings. The van der Waals surface area contributed by atoms with Crippen molar-refractivity contribution in [3.05, 3.63) is 64.2 Å². The summed E-state index contributed by atoms with van der Waals surface area (Å²) in [6, 6.07) is 11.4. The summed E-state index contributed by atoms with van der Waals surface area (Å²) < 4.78 is 23.1. The number of aryl methyl sites for hydroxylation is 3. The van der Waals surface area contributed by atoms with Crippen molar-refractivity contribution in [1.82, 2.24) is 10.6 Å². The van der Waals surface area contributed by atoms with Gasteiger partial charge in [-0.1, -0.05) is 29.8 Å². The standard InChI is InChI=1S/C22H31N3O2S/c1-6-23-22(25-15-21-17(3)13-16(2)14-18(21)4)24-12-11-19-7-9-20(10-8-19)28(5,26)27/h7-10,13-14H,6,11-12,15H2,1-5H3,(H2,23,24,25). The Morgan fingerprint density at radius 1 is 1.00 bits per heavy atom. The van der Waals surface area contributed by atoms with Crippen LogP contribution < -0.4 is 10.6 Å². The van der Waals surface area contributed by atoms with Crippen LogP contribution in [0.3, 0.4) is 0 Å². The number of rotatable bonds is 7. The van der Waals surface area contributed by atoms with Gasteiger partial charge in [0.25, 0.3) is 0 Å². The summed E-state index contributed by atoms with van der Waals surface area (Å²) in [7, 11) is -3.15. The summed E-state index contributed by atoms with van der Waals surface area (Å²) in [6.07, 6.45) is 2.01. The first-order chi connectivity index (χ1) is 13.2. The Labute approximate surface area is 169 Å². The number of sulfone groups is 1. The van der Waals surface area contributed by atoms with Crippen molar-refractivity contribution >= 4 is 15.8 Å². The van der Waals surface area contributed by atoms with Crippen LogP contribution in [-0.2, 0) is 22.8 Å². The smallest absolute Gasteiger partial charge is 0.191 e. The fourth-order valence-electron chi connectivity index (χ4n) is 3.19. The molecule has 0 saturated heterocycles. The molecule has 5 nitrogen and oxygen atoms in total. The molecule has 2 aromatic carbocycles. The number of guanidine groups is 1. The van der Waals surface area contributed by atoms with Crippen molar-refractivity contribution in [2.45, 2.75) is 45.6 Å². The van der Waals surface area contributed by atoms with Gasteiger partial charge in [-0.15, -0.1) is 0 Å². The zero-order valence-corrected chi connectivity index (χ0v) is 18.3. The highest BCUT2D eigenvalue weighted by Gasteiger charge is 2.07. The van der Waals surface area contributed by atoms with E-state index < -0.39 is 9.84 Å². The quantitative estimate of drug-likeness (QED) is 0.552. The van der Waals surface area contributed by atoms with E-state index >= 15 is 0 Å². The van der Waals surface area contributed by atoms with Crippen LogP contribution in [0.5, 0.6) is 0 Å². The van der Waals surface area contributed by atoms with E-state index in [2.05, 4.69) is 43.5 Å². The summed E-state index contributed by atoms with van der Waals surface area (Å²) in [5.74, 6) is 0.787. The minimum atomic E-state index is -3.15. The van der Waals surface area contributed by atoms with Gasteiger partial charge in [0.2, 0.25) is 0 Å². The van der Waals surface area contributed by atoms with Crippen LogP contribution in [0.15, 0.2) is 46.3 Å². The van der Waals surface area contributed by atoms with Gasteiger partial charge < -0.3 is 10.6 Å². The maximum Gasteiger partial charge on any atom is 0.191 e. The molecule has 0 aliphatic heterocycles. The molecule has 0 aliphatic rings. The second-order valence-electron chi connectivity index (χ2n) is 7.17. The largest absolute Gasteiger partial charge is 0.357 e. The average Bonchev–Trinajstić information content (AvgIpc) is 2.60. The summed E-state index contributed by atoms with van der Waals surface area (Å²) in [6.45, 7) is 10.6. The van der Waals surface area contributed by atoms with Gasteiger partial charge in [0.15, 0.2) is 15.8 Å². The molecule has 6 heteroatoms. The molecule has 0 unspecified atom stereocenters. The fraction of sp³-hybridized carbons (Fsp3) is 0.409. The van der Waals surface area contributed by atoms with E-state index in [1.807, 2.05) is 19.1 Å². The summed E-state index contributed by atoms with van der Waals surface area (Å²) >= 11 is 0. The van der Waals surface area contributed by atoms with Gasteiger partial charge in [0.05, 0.1) is 11.4 Å². The van der Waals surface area contributed by atoms with Gasteiger partial charge in [-0.25, -0.2) is 13.4 Å². The fourth-order valence-corrected chi connectivity index (χ4v) is 3.82. The van der Waals surface area contributed by atoms with Crippen molar-refractivity contribution in [2.75, 3.05) is 19.3 Å². The lowest BCUT2D eigenvalue weighted by Crippen LogP contribution is -2.38.